The molecule has 10 heterocycles. The summed E-state index contributed by atoms with van der Waals surface area (Å²) in [5.74, 6) is 0. The molecule has 556 valence electrons. The van der Waals surface area contributed by atoms with Gasteiger partial charge in [-0.1, -0.05) is 231 Å². The van der Waals surface area contributed by atoms with E-state index in [1.807, 2.05) is 34.8 Å². The molecule has 27 aromatic rings. The van der Waals surface area contributed by atoms with E-state index in [0.29, 0.717) is 0 Å². The van der Waals surface area contributed by atoms with Crippen LogP contribution in [0.1, 0.15) is 0 Å². The third-order valence-corrected chi connectivity index (χ3v) is 26.9. The van der Waals surface area contributed by atoms with Crippen LogP contribution in [0.4, 0.5) is 0 Å². The molecule has 0 saturated carbocycles. The summed E-state index contributed by atoms with van der Waals surface area (Å²) in [6.45, 7) is 0. The maximum Gasteiger partial charge on any atom is 0.137 e. The molecule has 0 unspecified atom stereocenters. The van der Waals surface area contributed by atoms with Crippen LogP contribution in [-0.4, -0.2) is 32.0 Å². The molecule has 17 aromatic carbocycles. The van der Waals surface area contributed by atoms with Crippen molar-refractivity contribution in [1.82, 2.24) is 32.0 Å². The van der Waals surface area contributed by atoms with Gasteiger partial charge in [0.25, 0.3) is 0 Å². The topological polar surface area (TPSA) is 47.6 Å². The van der Waals surface area contributed by atoms with Gasteiger partial charge in [-0.2, -0.15) is 0 Å². The van der Waals surface area contributed by atoms with Crippen molar-refractivity contribution in [2.24, 2.45) is 35.2 Å². The molecule has 10 aromatic heterocycles. The summed E-state index contributed by atoms with van der Waals surface area (Å²) in [5.41, 5.74) is 22.1. The second-order valence-corrected chi connectivity index (χ2v) is 33.0. The maximum absolute atomic E-state index is 6.00. The Morgan fingerprint density at radius 2 is 0.564 bits per heavy atom. The number of aromatic nitrogens is 7. The number of nitrogens with zero attached hydrogens (tertiary/aromatic N) is 7. The highest BCUT2D eigenvalue weighted by molar-refractivity contribution is 7.26. The molecule has 0 spiro atoms. The lowest BCUT2D eigenvalue weighted by Crippen LogP contribution is -1.93. The van der Waals surface area contributed by atoms with E-state index in [-0.39, 0.29) is 0 Å². The first-order chi connectivity index (χ1) is 57.7. The monoisotopic (exact) mass is 1540 g/mol. The van der Waals surface area contributed by atoms with Crippen molar-refractivity contribution in [2.45, 2.75) is 0 Å². The zero-order valence-corrected chi connectivity index (χ0v) is 66.6. The van der Waals surface area contributed by atoms with Crippen LogP contribution in [0.5, 0.6) is 0 Å². The van der Waals surface area contributed by atoms with Gasteiger partial charge in [-0.15, -0.1) is 22.7 Å². The highest BCUT2D eigenvalue weighted by Crippen LogP contribution is 2.46. The fraction of sp³-hybridized carbons (Fsp3) is 0.0467. The number of hydrogen-bond donors (Lipinski definition) is 0. The van der Waals surface area contributed by atoms with Gasteiger partial charge in [0.1, 0.15) is 11.2 Å². The minimum atomic E-state index is 0.951. The zero-order chi connectivity index (χ0) is 77.8. The van der Waals surface area contributed by atoms with Crippen molar-refractivity contribution < 1.29 is 4.42 Å². The van der Waals surface area contributed by atoms with Crippen molar-refractivity contribution in [3.05, 3.63) is 364 Å². The van der Waals surface area contributed by atoms with Gasteiger partial charge in [-0.25, -0.2) is 0 Å². The number of hydrogen-bond acceptors (Lipinski definition) is 3. The van der Waals surface area contributed by atoms with Crippen LogP contribution in [0, 0.1) is 0 Å². The Hall–Kier alpha value is -14.4. The van der Waals surface area contributed by atoms with Gasteiger partial charge < -0.3 is 36.4 Å². The van der Waals surface area contributed by atoms with Gasteiger partial charge in [0.15, 0.2) is 0 Å². The summed E-state index contributed by atoms with van der Waals surface area (Å²) in [7, 11) is 10.8. The lowest BCUT2D eigenvalue weighted by molar-refractivity contribution is 0.669. The zero-order valence-electron chi connectivity index (χ0n) is 65.0. The fourth-order valence-corrected chi connectivity index (χ4v) is 21.5. The minimum Gasteiger partial charge on any atom is -0.456 e. The van der Waals surface area contributed by atoms with E-state index in [4.69, 9.17) is 4.42 Å². The van der Waals surface area contributed by atoms with E-state index < -0.39 is 0 Å². The van der Waals surface area contributed by atoms with E-state index in [0.717, 1.165) is 11.2 Å². The van der Waals surface area contributed by atoms with E-state index in [2.05, 4.69) is 419 Å². The van der Waals surface area contributed by atoms with Crippen molar-refractivity contribution in [2.75, 3.05) is 0 Å². The molecule has 0 fully saturated rings. The van der Waals surface area contributed by atoms with Gasteiger partial charge in [0, 0.05) is 212 Å². The first-order valence-corrected chi connectivity index (χ1v) is 41.6. The molecule has 8 nitrogen and oxygen atoms in total. The average molecular weight is 1540 g/mol. The summed E-state index contributed by atoms with van der Waals surface area (Å²) in [5, 5.41) is 26.3. The Labute approximate surface area is 679 Å². The lowest BCUT2D eigenvalue weighted by Gasteiger charge is -2.08. The standard InChI is InChI=1S/2C25H18N2.C19H13NO.2C19H13NS/c1-26-21-13-7-6-12-20(21)24-23(26)16-15-19-18-11-5-8-14-22(18)27(25(19)24)17-9-3-2-4-10-17;1-26-22-13-7-5-11-18(22)20-15-21-19-12-6-8-14-23(19)27(25(21)16-24(20)26)17-9-3-2-4-10-17;1-20-16-8-4-2-6-12(16)14-10-15-13-7-3-5-9-18(13)21-19(15)11-17(14)20;1-20-16-8-4-2-6-12(16)14-11-19-15(10-17(14)20)13-7-3-5-9-18(13)21-19;1-20-15-8-4-2-6-12(15)13-10-11-17-18(19(13)20)14-7-3-5-9-16(14)21-17/h2*2-16H,1H3;3*2-11H,1H3. The maximum atomic E-state index is 6.00. The quantitative estimate of drug-likeness (QED) is 0.170. The molecule has 0 aliphatic rings. The molecule has 0 saturated heterocycles. The molecule has 0 aliphatic carbocycles. The number of aryl methyl sites for hydroxylation is 5. The SMILES string of the molecule is Cn1c2ccccc2c2c1ccc1c3ccccc3n(-c3ccccc3)c12.Cn1c2ccccc2c2cc3c(cc21)oc1ccccc13.Cn1c2ccccc2c2cc3c4ccccc4n(-c4ccccc4)c3cc21.Cn1c2ccccc2c2cc3sc4ccccc4c3cc21.Cn1c2ccccc2c2ccc3sc4ccccc4c3c21. The highest BCUT2D eigenvalue weighted by atomic mass is 32.1. The molecule has 0 amide bonds. The van der Waals surface area contributed by atoms with Crippen molar-refractivity contribution >= 4 is 238 Å². The summed E-state index contributed by atoms with van der Waals surface area (Å²) >= 11 is 3.77. The van der Waals surface area contributed by atoms with Crippen LogP contribution in [0.25, 0.3) is 226 Å². The highest BCUT2D eigenvalue weighted by Gasteiger charge is 2.22. The summed E-state index contributed by atoms with van der Waals surface area (Å²) in [6, 6.07) is 130. The predicted molar refractivity (Wildman–Crippen MR) is 504 cm³/mol. The normalized spacial score (nSPS) is 12.0. The molecule has 117 heavy (non-hydrogen) atoms. The molecule has 0 N–H and O–H groups in total. The largest absolute Gasteiger partial charge is 0.456 e. The van der Waals surface area contributed by atoms with Crippen molar-refractivity contribution in [3.63, 3.8) is 0 Å². The molecule has 10 heteroatoms. The smallest absolute Gasteiger partial charge is 0.137 e. The van der Waals surface area contributed by atoms with Crippen molar-refractivity contribution in [1.29, 1.82) is 0 Å². The van der Waals surface area contributed by atoms with Gasteiger partial charge in [0.05, 0.1) is 44.1 Å². The number of rotatable bonds is 2. The molecular formula is C107H75N7OS2. The first-order valence-electron chi connectivity index (χ1n) is 39.9. The Morgan fingerprint density at radius 1 is 0.179 bits per heavy atom. The number of benzene rings is 17. The second-order valence-electron chi connectivity index (χ2n) is 30.9. The summed E-state index contributed by atoms with van der Waals surface area (Å²) in [6.07, 6.45) is 0. The Morgan fingerprint density at radius 3 is 1.17 bits per heavy atom. The Bertz CT molecular complexity index is 8690. The summed E-state index contributed by atoms with van der Waals surface area (Å²) < 4.78 is 27.8. The molecule has 0 atom stereocenters. The fourth-order valence-electron chi connectivity index (χ4n) is 19.3. The predicted octanol–water partition coefficient (Wildman–Crippen LogP) is 29.5. The third-order valence-electron chi connectivity index (χ3n) is 24.7. The van der Waals surface area contributed by atoms with E-state index in [1.165, 1.54) is 215 Å². The van der Waals surface area contributed by atoms with Crippen LogP contribution >= 0.6 is 22.7 Å². The molecule has 0 radical (unpaired) electrons. The molecular weight excluding hydrogens is 1460 g/mol. The van der Waals surface area contributed by atoms with Crippen LogP contribution in [-0.2, 0) is 35.2 Å². The van der Waals surface area contributed by atoms with Crippen molar-refractivity contribution in [3.8, 4) is 11.4 Å². The lowest BCUT2D eigenvalue weighted by atomic mass is 10.1. The van der Waals surface area contributed by atoms with Crippen LogP contribution in [0.3, 0.4) is 0 Å². The minimum absolute atomic E-state index is 0.951. The number of furan rings is 1. The molecule has 0 aliphatic heterocycles. The summed E-state index contributed by atoms with van der Waals surface area (Å²) in [4.78, 5) is 0. The van der Waals surface area contributed by atoms with Gasteiger partial charge in [-0.05, 0) is 127 Å². The van der Waals surface area contributed by atoms with E-state index >= 15 is 0 Å². The number of thiophene rings is 2. The van der Waals surface area contributed by atoms with Crippen LogP contribution < -0.4 is 0 Å². The molecule has 0 bridgehead atoms. The van der Waals surface area contributed by atoms with E-state index in [1.54, 1.807) is 0 Å². The number of para-hydroxylation sites is 10. The Kier molecular flexibility index (Phi) is 15.7. The average Bonchev–Trinajstić information content (AvgIpc) is 1.56. The van der Waals surface area contributed by atoms with Gasteiger partial charge >= 0.3 is 0 Å². The first kappa shape index (κ1) is 68.2. The molecule has 27 rings (SSSR count). The van der Waals surface area contributed by atoms with E-state index in [9.17, 15) is 0 Å². The van der Waals surface area contributed by atoms with Gasteiger partial charge in [0.2, 0.25) is 0 Å². The third kappa shape index (κ3) is 10.5. The van der Waals surface area contributed by atoms with Crippen LogP contribution in [0.15, 0.2) is 368 Å². The van der Waals surface area contributed by atoms with Crippen LogP contribution in [0.2, 0.25) is 0 Å². The Balaban J connectivity index is 0.0000000864. The van der Waals surface area contributed by atoms with Gasteiger partial charge in [-0.3, -0.25) is 0 Å². The second kappa shape index (κ2) is 26.9. The number of fused-ring (bicyclic) bond motifs is 32.